The Morgan fingerprint density at radius 1 is 0.667 bits per heavy atom. The number of carbonyl (C=O) groups is 2. The Bertz CT molecular complexity index is 1240. The molecule has 57 heavy (non-hydrogen) atoms. The van der Waals surface area contributed by atoms with Gasteiger partial charge in [0.05, 0.1) is 32.0 Å². The van der Waals surface area contributed by atoms with Crippen LogP contribution in [0.15, 0.2) is 36.5 Å². The Morgan fingerprint density at radius 3 is 1.89 bits per heavy atom. The summed E-state index contributed by atoms with van der Waals surface area (Å²) >= 11 is 0. The van der Waals surface area contributed by atoms with Crippen LogP contribution in [0.4, 0.5) is 0 Å². The number of hydrogen-bond donors (Lipinski definition) is 4. The van der Waals surface area contributed by atoms with Gasteiger partial charge in [0.1, 0.15) is 12.7 Å². The van der Waals surface area contributed by atoms with E-state index in [1.807, 2.05) is 12.2 Å². The minimum absolute atomic E-state index is 0.0506. The van der Waals surface area contributed by atoms with Crippen LogP contribution >= 0.6 is 15.6 Å². The van der Waals surface area contributed by atoms with Crippen molar-refractivity contribution in [2.45, 2.75) is 180 Å². The number of unbranched alkanes of at least 4 members (excludes halogenated alkanes) is 11. The summed E-state index contributed by atoms with van der Waals surface area (Å²) in [5.74, 6) is -0.314. The Morgan fingerprint density at radius 2 is 1.23 bits per heavy atom. The zero-order chi connectivity index (χ0) is 42.2. The lowest BCUT2D eigenvalue weighted by molar-refractivity contribution is -0.161. The predicted molar refractivity (Wildman–Crippen MR) is 220 cm³/mol. The second-order valence-corrected chi connectivity index (χ2v) is 17.6. The summed E-state index contributed by atoms with van der Waals surface area (Å²) in [7, 11) is -9.69. The molecule has 0 aliphatic carbocycles. The SMILES string of the molecule is CCCCC/C=C\CC1OC1C/C=C\C/C=C\CCCC(=O)O[C@H](COC(=O)CCCCCCCCCCC(C)CC)COP(=O)(O)OC[C@@H](O)COP(=O)(O)O. The van der Waals surface area contributed by atoms with Gasteiger partial charge >= 0.3 is 27.6 Å². The summed E-state index contributed by atoms with van der Waals surface area (Å²) in [6, 6.07) is 0. The molecule has 1 fully saturated rings. The lowest BCUT2D eigenvalue weighted by atomic mass is 9.99. The number of aliphatic hydroxyl groups is 1. The van der Waals surface area contributed by atoms with Gasteiger partial charge in [-0.05, 0) is 57.3 Å². The highest BCUT2D eigenvalue weighted by Crippen LogP contribution is 2.44. The maximum Gasteiger partial charge on any atom is 0.472 e. The van der Waals surface area contributed by atoms with Crippen LogP contribution in [0.5, 0.6) is 0 Å². The zero-order valence-electron chi connectivity index (χ0n) is 34.8. The van der Waals surface area contributed by atoms with Crippen molar-refractivity contribution in [1.29, 1.82) is 0 Å². The van der Waals surface area contributed by atoms with Crippen LogP contribution in [0.25, 0.3) is 0 Å². The van der Waals surface area contributed by atoms with Crippen LogP contribution in [0.2, 0.25) is 0 Å². The average molecular weight is 853 g/mol. The molecule has 1 aliphatic rings. The maximum atomic E-state index is 12.6. The molecule has 0 radical (unpaired) electrons. The van der Waals surface area contributed by atoms with Crippen LogP contribution in [-0.2, 0) is 46.5 Å². The third-order valence-electron chi connectivity index (χ3n) is 9.46. The van der Waals surface area contributed by atoms with E-state index in [1.54, 1.807) is 0 Å². The van der Waals surface area contributed by atoms with E-state index in [-0.39, 0.29) is 12.8 Å². The van der Waals surface area contributed by atoms with Gasteiger partial charge in [-0.25, -0.2) is 9.13 Å². The first-order chi connectivity index (χ1) is 27.2. The zero-order valence-corrected chi connectivity index (χ0v) is 36.6. The molecule has 4 N–H and O–H groups in total. The molecule has 14 nitrogen and oxygen atoms in total. The van der Waals surface area contributed by atoms with Gasteiger partial charge in [0.25, 0.3) is 0 Å². The molecule has 0 aromatic heterocycles. The number of carbonyl (C=O) groups excluding carboxylic acids is 2. The summed E-state index contributed by atoms with van der Waals surface area (Å²) in [6.07, 6.45) is 30.4. The summed E-state index contributed by atoms with van der Waals surface area (Å²) in [5.41, 5.74) is 0. The van der Waals surface area contributed by atoms with Crippen molar-refractivity contribution in [3.63, 3.8) is 0 Å². The van der Waals surface area contributed by atoms with Crippen LogP contribution < -0.4 is 0 Å². The number of phosphoric ester groups is 2. The predicted octanol–water partition coefficient (Wildman–Crippen LogP) is 9.35. The van der Waals surface area contributed by atoms with Crippen molar-refractivity contribution >= 4 is 27.6 Å². The van der Waals surface area contributed by atoms with Gasteiger partial charge in [-0.3, -0.25) is 23.2 Å². The minimum atomic E-state index is -4.87. The molecule has 1 saturated heterocycles. The van der Waals surface area contributed by atoms with E-state index < -0.39 is 66.2 Å². The van der Waals surface area contributed by atoms with Gasteiger partial charge in [0, 0.05) is 12.8 Å². The first-order valence-electron chi connectivity index (χ1n) is 21.2. The molecule has 332 valence electrons. The number of allylic oxidation sites excluding steroid dienone is 4. The van der Waals surface area contributed by atoms with E-state index in [0.29, 0.717) is 31.5 Å². The molecule has 0 amide bonds. The average Bonchev–Trinajstić information content (AvgIpc) is 3.92. The Kier molecular flexibility index (Phi) is 30.9. The molecule has 1 aliphatic heterocycles. The van der Waals surface area contributed by atoms with E-state index in [9.17, 15) is 28.7 Å². The molecule has 0 saturated carbocycles. The molecule has 0 spiro atoms. The summed E-state index contributed by atoms with van der Waals surface area (Å²) in [5, 5.41) is 9.73. The number of epoxide rings is 1. The number of ether oxygens (including phenoxy) is 3. The third-order valence-corrected chi connectivity index (χ3v) is 10.9. The maximum absolute atomic E-state index is 12.6. The fourth-order valence-corrected chi connectivity index (χ4v) is 6.87. The van der Waals surface area contributed by atoms with Crippen molar-refractivity contribution in [3.05, 3.63) is 36.5 Å². The van der Waals surface area contributed by atoms with E-state index in [1.165, 1.54) is 57.8 Å². The largest absolute Gasteiger partial charge is 0.472 e. The molecule has 6 atom stereocenters. The topological polar surface area (TPSA) is 208 Å². The van der Waals surface area contributed by atoms with Crippen molar-refractivity contribution in [2.75, 3.05) is 26.4 Å². The number of phosphoric acid groups is 2. The molecule has 4 unspecified atom stereocenters. The lowest BCUT2D eigenvalue weighted by Crippen LogP contribution is -2.29. The Labute approximate surface area is 342 Å². The molecular weight excluding hydrogens is 778 g/mol. The van der Waals surface area contributed by atoms with Gasteiger partial charge in [0.15, 0.2) is 6.10 Å². The lowest BCUT2D eigenvalue weighted by Gasteiger charge is -2.20. The number of rotatable bonds is 38. The molecular formula is C41H74O14P2. The van der Waals surface area contributed by atoms with E-state index in [2.05, 4.69) is 54.1 Å². The van der Waals surface area contributed by atoms with Crippen LogP contribution in [-0.4, -0.2) is 82.6 Å². The number of aliphatic hydroxyl groups excluding tert-OH is 1. The fourth-order valence-electron chi connectivity index (χ4n) is 5.71. The van der Waals surface area contributed by atoms with E-state index in [4.69, 9.17) is 28.5 Å². The highest BCUT2D eigenvalue weighted by molar-refractivity contribution is 7.47. The Hall–Kier alpha value is -1.70. The first kappa shape index (κ1) is 53.3. The summed E-state index contributed by atoms with van der Waals surface area (Å²) < 4.78 is 53.4. The number of esters is 2. The van der Waals surface area contributed by atoms with Crippen molar-refractivity contribution in [1.82, 2.24) is 0 Å². The molecule has 1 heterocycles. The van der Waals surface area contributed by atoms with E-state index in [0.717, 1.165) is 50.9 Å². The van der Waals surface area contributed by atoms with Gasteiger partial charge in [-0.15, -0.1) is 0 Å². The molecule has 0 aromatic rings. The smallest absolute Gasteiger partial charge is 0.462 e. The monoisotopic (exact) mass is 852 g/mol. The minimum Gasteiger partial charge on any atom is -0.462 e. The first-order valence-corrected chi connectivity index (χ1v) is 24.2. The Balaban J connectivity index is 2.42. The van der Waals surface area contributed by atoms with Crippen LogP contribution in [0, 0.1) is 5.92 Å². The summed E-state index contributed by atoms with van der Waals surface area (Å²) in [6.45, 7) is 3.95. The number of hydrogen-bond acceptors (Lipinski definition) is 11. The van der Waals surface area contributed by atoms with Gasteiger partial charge in [0.2, 0.25) is 0 Å². The molecule has 1 rings (SSSR count). The summed E-state index contributed by atoms with van der Waals surface area (Å²) in [4.78, 5) is 52.6. The van der Waals surface area contributed by atoms with Gasteiger partial charge in [-0.2, -0.15) is 0 Å². The molecule has 0 aromatic carbocycles. The highest BCUT2D eigenvalue weighted by Gasteiger charge is 2.36. The van der Waals surface area contributed by atoms with Gasteiger partial charge in [-0.1, -0.05) is 128 Å². The van der Waals surface area contributed by atoms with Crippen molar-refractivity contribution < 1.29 is 66.3 Å². The van der Waals surface area contributed by atoms with Crippen LogP contribution in [0.3, 0.4) is 0 Å². The fraction of sp³-hybridized carbons (Fsp3) is 0.805. The highest BCUT2D eigenvalue weighted by atomic mass is 31.2. The normalized spacial score (nSPS) is 18.6. The van der Waals surface area contributed by atoms with Crippen molar-refractivity contribution in [3.8, 4) is 0 Å². The molecule has 16 heteroatoms. The van der Waals surface area contributed by atoms with Gasteiger partial charge < -0.3 is 34.0 Å². The second kappa shape index (κ2) is 33.1. The van der Waals surface area contributed by atoms with E-state index >= 15 is 0 Å². The third kappa shape index (κ3) is 33.8. The van der Waals surface area contributed by atoms with Crippen LogP contribution in [0.1, 0.15) is 156 Å². The van der Waals surface area contributed by atoms with Crippen molar-refractivity contribution in [2.24, 2.45) is 5.92 Å². The molecule has 0 bridgehead atoms. The quantitative estimate of drug-likeness (QED) is 0.0150. The second-order valence-electron chi connectivity index (χ2n) is 14.9. The standard InChI is InChI=1S/C41H74O14P2/c1-4-6-7-8-17-22-27-38-39(55-38)28-23-18-13-11-15-20-25-30-41(44)54-37(34-53-57(48,49)52-32-36(42)31-51-56(45,46)47)33-50-40(43)29-24-19-14-10-9-12-16-21-26-35(3)5-2/h11,15,17-18,22-23,35-39,42H,4-10,12-14,16,19-21,24-34H2,1-3H3,(H,48,49)(H2,45,46,47)/b15-11-,22-17-,23-18-/t35?,36-,37+,38?,39?/m0/s1.